The number of anilines is 1. The summed E-state index contributed by atoms with van der Waals surface area (Å²) >= 11 is 6.35. The van der Waals surface area contributed by atoms with Gasteiger partial charge in [0.1, 0.15) is 5.75 Å². The second kappa shape index (κ2) is 8.96. The first kappa shape index (κ1) is 22.6. The Morgan fingerprint density at radius 2 is 1.90 bits per heavy atom. The molecule has 0 fully saturated rings. The van der Waals surface area contributed by atoms with Crippen LogP contribution < -0.4 is 9.64 Å². The molecule has 1 aliphatic rings. The lowest BCUT2D eigenvalue weighted by atomic mass is 9.95. The maximum absolute atomic E-state index is 13.5. The molecule has 8 heteroatoms. The molecule has 0 bridgehead atoms. The molecule has 0 saturated heterocycles. The number of amides is 1. The van der Waals surface area contributed by atoms with E-state index in [9.17, 15) is 13.2 Å². The molecule has 6 nitrogen and oxygen atoms in total. The number of hydrogen-bond acceptors (Lipinski definition) is 4. The summed E-state index contributed by atoms with van der Waals surface area (Å²) in [5, 5.41) is 0.220. The number of benzene rings is 2. The first-order valence-electron chi connectivity index (χ1n) is 10.0. The molecule has 0 saturated carbocycles. The highest BCUT2D eigenvalue weighted by molar-refractivity contribution is 7.89. The molecule has 162 valence electrons. The number of carbonyl (C=O) groups excluding carboxylic acids is 1. The summed E-state index contributed by atoms with van der Waals surface area (Å²) in [5.74, 6) is 0.285. The fraction of sp³-hybridized carbons (Fsp3) is 0.409. The molecule has 0 spiro atoms. The fourth-order valence-corrected chi connectivity index (χ4v) is 5.59. The van der Waals surface area contributed by atoms with E-state index in [0.717, 1.165) is 29.7 Å². The Morgan fingerprint density at radius 3 is 2.53 bits per heavy atom. The Balaban J connectivity index is 2.09. The van der Waals surface area contributed by atoms with Crippen LogP contribution in [0.3, 0.4) is 0 Å². The summed E-state index contributed by atoms with van der Waals surface area (Å²) in [4.78, 5) is 15.2. The fourth-order valence-electron chi connectivity index (χ4n) is 3.91. The molecule has 1 aliphatic heterocycles. The van der Waals surface area contributed by atoms with Crippen LogP contribution in [0.15, 0.2) is 35.2 Å². The van der Waals surface area contributed by atoms with Gasteiger partial charge in [0.05, 0.1) is 28.3 Å². The lowest BCUT2D eigenvalue weighted by Gasteiger charge is -2.32. The topological polar surface area (TPSA) is 66.9 Å². The number of aryl methyl sites for hydroxylation is 1. The minimum atomic E-state index is -3.71. The van der Waals surface area contributed by atoms with Crippen LogP contribution in [0.5, 0.6) is 5.75 Å². The largest absolute Gasteiger partial charge is 0.495 e. The lowest BCUT2D eigenvalue weighted by Crippen LogP contribution is -2.36. The highest BCUT2D eigenvalue weighted by atomic mass is 35.5. The number of fused-ring (bicyclic) bond motifs is 1. The molecule has 30 heavy (non-hydrogen) atoms. The van der Waals surface area contributed by atoms with E-state index in [0.29, 0.717) is 25.4 Å². The summed E-state index contributed by atoms with van der Waals surface area (Å²) in [7, 11) is -2.13. The van der Waals surface area contributed by atoms with Gasteiger partial charge in [0.2, 0.25) is 10.0 Å². The third-order valence-electron chi connectivity index (χ3n) is 5.53. The Hall–Kier alpha value is -2.09. The second-order valence-electron chi connectivity index (χ2n) is 7.20. The molecular weight excluding hydrogens is 424 g/mol. The number of rotatable bonds is 6. The maximum Gasteiger partial charge on any atom is 0.259 e. The van der Waals surface area contributed by atoms with E-state index in [1.54, 1.807) is 25.9 Å². The Kier molecular flexibility index (Phi) is 6.75. The Morgan fingerprint density at radius 1 is 1.20 bits per heavy atom. The highest BCUT2D eigenvalue weighted by Crippen LogP contribution is 2.39. The van der Waals surface area contributed by atoms with Crippen molar-refractivity contribution >= 4 is 33.2 Å². The van der Waals surface area contributed by atoms with Crippen LogP contribution in [0.2, 0.25) is 5.02 Å². The monoisotopic (exact) mass is 450 g/mol. The van der Waals surface area contributed by atoms with E-state index in [4.69, 9.17) is 16.3 Å². The van der Waals surface area contributed by atoms with Crippen LogP contribution >= 0.6 is 11.6 Å². The van der Waals surface area contributed by atoms with Crippen molar-refractivity contribution in [2.75, 3.05) is 31.6 Å². The average Bonchev–Trinajstić information content (AvgIpc) is 2.74. The normalized spacial score (nSPS) is 14.0. The van der Waals surface area contributed by atoms with Gasteiger partial charge in [-0.25, -0.2) is 8.42 Å². The molecule has 1 amide bonds. The molecule has 0 atom stereocenters. The zero-order chi connectivity index (χ0) is 22.1. The lowest BCUT2D eigenvalue weighted by molar-refractivity contribution is 0.0984. The molecule has 0 aromatic heterocycles. The molecule has 0 unspecified atom stereocenters. The number of methoxy groups -OCH3 is 1. The van der Waals surface area contributed by atoms with Gasteiger partial charge in [-0.2, -0.15) is 4.31 Å². The van der Waals surface area contributed by atoms with Gasteiger partial charge in [-0.15, -0.1) is 0 Å². The van der Waals surface area contributed by atoms with Crippen molar-refractivity contribution in [3.63, 3.8) is 0 Å². The highest BCUT2D eigenvalue weighted by Gasteiger charge is 2.30. The number of halogens is 1. The number of sulfonamides is 1. The van der Waals surface area contributed by atoms with Gasteiger partial charge in [-0.3, -0.25) is 4.79 Å². The van der Waals surface area contributed by atoms with E-state index < -0.39 is 10.0 Å². The number of carbonyl (C=O) groups is 1. The van der Waals surface area contributed by atoms with Crippen molar-refractivity contribution in [3.05, 3.63) is 52.0 Å². The smallest absolute Gasteiger partial charge is 0.259 e. The van der Waals surface area contributed by atoms with Crippen LogP contribution in [0.1, 0.15) is 41.8 Å². The van der Waals surface area contributed by atoms with Crippen LogP contribution in [-0.2, 0) is 16.4 Å². The molecule has 2 aromatic carbocycles. The average molecular weight is 451 g/mol. The zero-order valence-corrected chi connectivity index (χ0v) is 19.3. The summed E-state index contributed by atoms with van der Waals surface area (Å²) in [6, 6.07) is 8.14. The van der Waals surface area contributed by atoms with Crippen LogP contribution in [0.25, 0.3) is 0 Å². The molecule has 2 aromatic rings. The van der Waals surface area contributed by atoms with Gasteiger partial charge < -0.3 is 9.64 Å². The standard InChI is InChI=1S/C22H27ClN2O4S/c1-5-24(6-2)30(27,28)16-10-11-19(23)18(14-16)22(26)25-13-7-8-17-15(3)9-12-20(29-4)21(17)25/h9-12,14H,5-8,13H2,1-4H3. The van der Waals surface area contributed by atoms with Crippen molar-refractivity contribution in [3.8, 4) is 5.75 Å². The Bertz CT molecular complexity index is 1070. The molecule has 0 radical (unpaired) electrons. The van der Waals surface area contributed by atoms with Crippen molar-refractivity contribution in [2.45, 2.75) is 38.5 Å². The summed E-state index contributed by atoms with van der Waals surface area (Å²) in [5.41, 5.74) is 3.06. The predicted molar refractivity (Wildman–Crippen MR) is 119 cm³/mol. The third-order valence-corrected chi connectivity index (χ3v) is 7.91. The third kappa shape index (κ3) is 3.94. The predicted octanol–water partition coefficient (Wildman–Crippen LogP) is 4.28. The van der Waals surface area contributed by atoms with E-state index in [2.05, 4.69) is 0 Å². The Labute approximate surface area is 183 Å². The molecule has 1 heterocycles. The number of hydrogen-bond donors (Lipinski definition) is 0. The van der Waals surface area contributed by atoms with Crippen molar-refractivity contribution < 1.29 is 17.9 Å². The van der Waals surface area contributed by atoms with Crippen molar-refractivity contribution in [2.24, 2.45) is 0 Å². The van der Waals surface area contributed by atoms with Crippen molar-refractivity contribution in [1.29, 1.82) is 0 Å². The number of ether oxygens (including phenoxy) is 1. The van der Waals surface area contributed by atoms with Gasteiger partial charge >= 0.3 is 0 Å². The molecular formula is C22H27ClN2O4S. The molecule has 0 N–H and O–H groups in total. The molecule has 0 aliphatic carbocycles. The summed E-state index contributed by atoms with van der Waals surface area (Å²) < 4.78 is 32.8. The zero-order valence-electron chi connectivity index (χ0n) is 17.7. The van der Waals surface area contributed by atoms with E-state index in [1.807, 2.05) is 19.1 Å². The van der Waals surface area contributed by atoms with Crippen molar-refractivity contribution in [1.82, 2.24) is 4.31 Å². The summed E-state index contributed by atoms with van der Waals surface area (Å²) in [6.07, 6.45) is 1.66. The minimum Gasteiger partial charge on any atom is -0.495 e. The van der Waals surface area contributed by atoms with Crippen LogP contribution in [-0.4, -0.2) is 45.4 Å². The molecule has 3 rings (SSSR count). The summed E-state index contributed by atoms with van der Waals surface area (Å²) in [6.45, 7) is 6.78. The van der Waals surface area contributed by atoms with Gasteiger partial charge in [0.15, 0.2) is 0 Å². The first-order valence-corrected chi connectivity index (χ1v) is 11.9. The second-order valence-corrected chi connectivity index (χ2v) is 9.55. The van der Waals surface area contributed by atoms with Gasteiger partial charge in [-0.1, -0.05) is 31.5 Å². The maximum atomic E-state index is 13.5. The van der Waals surface area contributed by atoms with Crippen LogP contribution in [0, 0.1) is 6.92 Å². The number of nitrogens with zero attached hydrogens (tertiary/aromatic N) is 2. The van der Waals surface area contributed by atoms with Gasteiger partial charge in [0, 0.05) is 19.6 Å². The quantitative estimate of drug-likeness (QED) is 0.658. The first-order chi connectivity index (χ1) is 14.3. The van der Waals surface area contributed by atoms with Crippen LogP contribution in [0.4, 0.5) is 5.69 Å². The van der Waals surface area contributed by atoms with Gasteiger partial charge in [-0.05, 0) is 55.2 Å². The van der Waals surface area contributed by atoms with E-state index in [1.165, 1.54) is 22.5 Å². The van der Waals surface area contributed by atoms with E-state index in [-0.39, 0.29) is 21.4 Å². The van der Waals surface area contributed by atoms with E-state index >= 15 is 0 Å². The van der Waals surface area contributed by atoms with Gasteiger partial charge in [0.25, 0.3) is 5.91 Å². The minimum absolute atomic E-state index is 0.0624. The SMILES string of the molecule is CCN(CC)S(=O)(=O)c1ccc(Cl)c(C(=O)N2CCCc3c(C)ccc(OC)c32)c1.